The van der Waals surface area contributed by atoms with E-state index in [0.717, 1.165) is 0 Å². The van der Waals surface area contributed by atoms with Gasteiger partial charge in [0.05, 0.1) is 5.60 Å². The quantitative estimate of drug-likeness (QED) is 0.556. The molecule has 0 saturated heterocycles. The van der Waals surface area contributed by atoms with Crippen molar-refractivity contribution in [3.8, 4) is 0 Å². The average Bonchev–Trinajstić information content (AvgIpc) is 1.80. The van der Waals surface area contributed by atoms with Crippen molar-refractivity contribution in [2.45, 2.75) is 38.8 Å². The highest BCUT2D eigenvalue weighted by atomic mass is 32.2. The first-order chi connectivity index (χ1) is 5.90. The van der Waals surface area contributed by atoms with Gasteiger partial charge in [0.25, 0.3) is 0 Å². The van der Waals surface area contributed by atoms with Crippen LogP contribution < -0.4 is 0 Å². The molecule has 0 aliphatic heterocycles. The lowest BCUT2D eigenvalue weighted by Crippen LogP contribution is -2.38. The van der Waals surface area contributed by atoms with Gasteiger partial charge in [0.1, 0.15) is 0 Å². The molecule has 0 saturated carbocycles. The SMILES string of the molecule is CC(C)C(C)(C)OS(=O)(=O)C(F)(F)F. The number of hydrogen-bond donors (Lipinski definition) is 0. The second-order valence-electron chi connectivity index (χ2n) is 3.74. The lowest BCUT2D eigenvalue weighted by atomic mass is 9.95. The fourth-order valence-electron chi connectivity index (χ4n) is 0.426. The van der Waals surface area contributed by atoms with E-state index in [1.807, 2.05) is 0 Å². The molecule has 0 rings (SSSR count). The van der Waals surface area contributed by atoms with Crippen molar-refractivity contribution in [2.24, 2.45) is 5.92 Å². The fraction of sp³-hybridized carbons (Fsp3) is 1.00. The van der Waals surface area contributed by atoms with Gasteiger partial charge in [0.2, 0.25) is 0 Å². The van der Waals surface area contributed by atoms with Crippen molar-refractivity contribution >= 4 is 10.1 Å². The predicted molar refractivity (Wildman–Crippen MR) is 45.0 cm³/mol. The van der Waals surface area contributed by atoms with Crippen molar-refractivity contribution < 1.29 is 25.8 Å². The molecular weight excluding hydrogens is 221 g/mol. The molecule has 0 atom stereocenters. The molecule has 0 aliphatic rings. The first-order valence-corrected chi connectivity index (χ1v) is 5.33. The van der Waals surface area contributed by atoms with Crippen molar-refractivity contribution in [2.75, 3.05) is 0 Å². The largest absolute Gasteiger partial charge is 0.523 e. The molecule has 0 heterocycles. The van der Waals surface area contributed by atoms with Crippen LogP contribution in [0.1, 0.15) is 27.7 Å². The van der Waals surface area contributed by atoms with E-state index in [4.69, 9.17) is 0 Å². The zero-order chi connectivity index (χ0) is 11.8. The first-order valence-electron chi connectivity index (χ1n) is 3.92. The molecule has 0 radical (unpaired) electrons. The molecule has 0 bridgehead atoms. The summed E-state index contributed by atoms with van der Waals surface area (Å²) in [6.45, 7) is 5.74. The number of halogens is 3. The maximum Gasteiger partial charge on any atom is 0.523 e. The highest BCUT2D eigenvalue weighted by Crippen LogP contribution is 2.31. The molecule has 86 valence electrons. The topological polar surface area (TPSA) is 43.4 Å². The van der Waals surface area contributed by atoms with Gasteiger partial charge < -0.3 is 0 Å². The van der Waals surface area contributed by atoms with Crippen LogP contribution in [-0.4, -0.2) is 19.5 Å². The summed E-state index contributed by atoms with van der Waals surface area (Å²) in [6.07, 6.45) is 0. The van der Waals surface area contributed by atoms with Gasteiger partial charge in [0, 0.05) is 0 Å². The molecule has 0 unspecified atom stereocenters. The van der Waals surface area contributed by atoms with E-state index in [1.54, 1.807) is 13.8 Å². The smallest absolute Gasteiger partial charge is 0.257 e. The second kappa shape index (κ2) is 3.69. The third kappa shape index (κ3) is 3.13. The Labute approximate surface area is 81.4 Å². The molecule has 0 fully saturated rings. The zero-order valence-corrected chi connectivity index (χ0v) is 9.16. The van der Waals surface area contributed by atoms with Gasteiger partial charge in [-0.05, 0) is 19.8 Å². The van der Waals surface area contributed by atoms with Crippen LogP contribution in [0, 0.1) is 5.92 Å². The molecule has 0 N–H and O–H groups in total. The molecule has 0 amide bonds. The number of hydrogen-bond acceptors (Lipinski definition) is 3. The van der Waals surface area contributed by atoms with E-state index in [2.05, 4.69) is 4.18 Å². The van der Waals surface area contributed by atoms with Crippen molar-refractivity contribution in [1.29, 1.82) is 0 Å². The Bertz CT molecular complexity index is 290. The van der Waals surface area contributed by atoms with Gasteiger partial charge in [-0.2, -0.15) is 21.6 Å². The Morgan fingerprint density at radius 2 is 1.50 bits per heavy atom. The van der Waals surface area contributed by atoms with Crippen LogP contribution in [0.3, 0.4) is 0 Å². The summed E-state index contributed by atoms with van der Waals surface area (Å²) < 4.78 is 61.1. The van der Waals surface area contributed by atoms with E-state index in [1.165, 1.54) is 13.8 Å². The average molecular weight is 234 g/mol. The third-order valence-corrected chi connectivity index (χ3v) is 3.21. The summed E-state index contributed by atoms with van der Waals surface area (Å²) in [5.41, 5.74) is -6.73. The third-order valence-electron chi connectivity index (χ3n) is 2.00. The first kappa shape index (κ1) is 13.7. The van der Waals surface area contributed by atoms with Gasteiger partial charge in [-0.15, -0.1) is 0 Å². The summed E-state index contributed by atoms with van der Waals surface area (Å²) in [5, 5.41) is 0. The minimum Gasteiger partial charge on any atom is -0.257 e. The Balaban J connectivity index is 4.88. The van der Waals surface area contributed by atoms with Gasteiger partial charge in [-0.1, -0.05) is 13.8 Å². The minimum atomic E-state index is -5.50. The fourth-order valence-corrected chi connectivity index (χ4v) is 1.28. The van der Waals surface area contributed by atoms with Crippen LogP contribution in [0.25, 0.3) is 0 Å². The van der Waals surface area contributed by atoms with Crippen LogP contribution in [0.4, 0.5) is 13.2 Å². The molecule has 0 aliphatic carbocycles. The Morgan fingerprint density at radius 1 is 1.14 bits per heavy atom. The van der Waals surface area contributed by atoms with E-state index in [0.29, 0.717) is 0 Å². The van der Waals surface area contributed by atoms with E-state index in [-0.39, 0.29) is 5.92 Å². The Morgan fingerprint density at radius 3 is 1.71 bits per heavy atom. The van der Waals surface area contributed by atoms with Crippen LogP contribution in [-0.2, 0) is 14.3 Å². The van der Waals surface area contributed by atoms with Gasteiger partial charge in [-0.3, -0.25) is 4.18 Å². The molecule has 7 heteroatoms. The Kier molecular flexibility index (Phi) is 3.61. The van der Waals surface area contributed by atoms with Crippen molar-refractivity contribution in [1.82, 2.24) is 0 Å². The maximum atomic E-state index is 11.9. The summed E-state index contributed by atoms with van der Waals surface area (Å²) in [5.74, 6) is -0.348. The molecule has 0 aromatic heterocycles. The van der Waals surface area contributed by atoms with Crippen LogP contribution >= 0.6 is 0 Å². The molecule has 0 aromatic carbocycles. The van der Waals surface area contributed by atoms with Crippen LogP contribution in [0.15, 0.2) is 0 Å². The molecule has 14 heavy (non-hydrogen) atoms. The molecule has 0 spiro atoms. The standard InChI is InChI=1S/C7H13F3O3S/c1-5(2)6(3,4)13-14(11,12)7(8,9)10/h5H,1-4H3. The van der Waals surface area contributed by atoms with Crippen LogP contribution in [0.2, 0.25) is 0 Å². The Hall–Kier alpha value is -0.300. The zero-order valence-electron chi connectivity index (χ0n) is 8.34. The van der Waals surface area contributed by atoms with Crippen molar-refractivity contribution in [3.63, 3.8) is 0 Å². The summed E-state index contributed by atoms with van der Waals surface area (Å²) in [7, 11) is -5.50. The summed E-state index contributed by atoms with van der Waals surface area (Å²) in [4.78, 5) is 0. The van der Waals surface area contributed by atoms with Crippen LogP contribution in [0.5, 0.6) is 0 Å². The molecule has 3 nitrogen and oxygen atoms in total. The van der Waals surface area contributed by atoms with Gasteiger partial charge in [-0.25, -0.2) is 0 Å². The normalized spacial score (nSPS) is 14.9. The highest BCUT2D eigenvalue weighted by molar-refractivity contribution is 7.87. The van der Waals surface area contributed by atoms with Gasteiger partial charge in [0.15, 0.2) is 0 Å². The van der Waals surface area contributed by atoms with E-state index < -0.39 is 21.2 Å². The minimum absolute atomic E-state index is 0.348. The second-order valence-corrected chi connectivity index (χ2v) is 5.28. The highest BCUT2D eigenvalue weighted by Gasteiger charge is 2.50. The predicted octanol–water partition coefficient (Wildman–Crippen LogP) is 2.29. The maximum absolute atomic E-state index is 11.9. The lowest BCUT2D eigenvalue weighted by molar-refractivity contribution is -0.0664. The number of rotatable bonds is 3. The lowest BCUT2D eigenvalue weighted by Gasteiger charge is -2.28. The number of alkyl halides is 3. The summed E-state index contributed by atoms with van der Waals surface area (Å²) in [6, 6.07) is 0. The molecule has 0 aromatic rings. The monoisotopic (exact) mass is 234 g/mol. The van der Waals surface area contributed by atoms with E-state index >= 15 is 0 Å². The van der Waals surface area contributed by atoms with E-state index in [9.17, 15) is 21.6 Å². The summed E-state index contributed by atoms with van der Waals surface area (Å²) >= 11 is 0. The molecular formula is C7H13F3O3S. The van der Waals surface area contributed by atoms with Gasteiger partial charge >= 0.3 is 15.6 Å². The van der Waals surface area contributed by atoms with Crippen molar-refractivity contribution in [3.05, 3.63) is 0 Å².